The highest BCUT2D eigenvalue weighted by atomic mass is 35.5. The summed E-state index contributed by atoms with van der Waals surface area (Å²) < 4.78 is 5.55. The van der Waals surface area contributed by atoms with Crippen LogP contribution in [-0.4, -0.2) is 34.9 Å². The summed E-state index contributed by atoms with van der Waals surface area (Å²) in [7, 11) is 0. The second-order valence-electron chi connectivity index (χ2n) is 5.52. The molecule has 0 aliphatic carbocycles. The molecule has 2 aromatic rings. The average molecular weight is 386 g/mol. The number of hydrogen-bond acceptors (Lipinski definition) is 5. The number of aliphatic imine (C=N–C) groups is 1. The maximum absolute atomic E-state index is 12.6. The number of halogens is 1. The van der Waals surface area contributed by atoms with E-state index >= 15 is 0 Å². The smallest absolute Gasteiger partial charge is 0.266 e. The number of carbonyl (C=O) groups is 1. The Hall–Kier alpha value is -2.49. The van der Waals surface area contributed by atoms with E-state index in [9.17, 15) is 4.79 Å². The van der Waals surface area contributed by atoms with Gasteiger partial charge in [0.2, 0.25) is 0 Å². The molecule has 1 aliphatic rings. The molecule has 1 heterocycles. The quantitative estimate of drug-likeness (QED) is 0.789. The number of benzene rings is 2. The van der Waals surface area contributed by atoms with Gasteiger partial charge >= 0.3 is 0 Å². The van der Waals surface area contributed by atoms with Crippen LogP contribution in [0.15, 0.2) is 53.5 Å². The number of amides is 1. The van der Waals surface area contributed by atoms with Gasteiger partial charge in [0, 0.05) is 12.3 Å². The Labute approximate surface area is 161 Å². The Balaban J connectivity index is 1.69. The van der Waals surface area contributed by atoms with E-state index < -0.39 is 0 Å². The number of carbonyl (C=O) groups excluding carboxylic acids is 1. The summed E-state index contributed by atoms with van der Waals surface area (Å²) >= 11 is 7.70. The summed E-state index contributed by atoms with van der Waals surface area (Å²) in [6, 6.07) is 16.0. The van der Waals surface area contributed by atoms with Crippen molar-refractivity contribution in [3.05, 3.63) is 59.1 Å². The molecule has 0 spiro atoms. The number of para-hydroxylation sites is 1. The number of amidine groups is 1. The summed E-state index contributed by atoms with van der Waals surface area (Å²) in [6.45, 7) is 0.514. The molecule has 1 saturated heterocycles. The number of rotatable bonds is 4. The largest absolute Gasteiger partial charge is 0.484 e. The topological polar surface area (TPSA) is 65.7 Å². The fourth-order valence-corrected chi connectivity index (χ4v) is 3.52. The van der Waals surface area contributed by atoms with E-state index in [1.807, 2.05) is 24.3 Å². The van der Waals surface area contributed by atoms with Gasteiger partial charge in [0.05, 0.1) is 22.3 Å². The molecule has 1 aliphatic heterocycles. The Morgan fingerprint density at radius 1 is 1.27 bits per heavy atom. The standard InChI is InChI=1S/C19H16ClN3O2S/c20-16-4-1-2-5-17(16)22-19-23(10-3-11-26-19)18(24)13-25-15-8-6-14(12-21)7-9-15/h1-2,4-9H,3,10-11,13H2. The van der Waals surface area contributed by atoms with Gasteiger partial charge in [-0.15, -0.1) is 0 Å². The molecule has 5 nitrogen and oxygen atoms in total. The molecule has 1 fully saturated rings. The SMILES string of the molecule is N#Cc1ccc(OCC(=O)N2CCCSC2=Nc2ccccc2Cl)cc1. The first kappa shape index (κ1) is 18.3. The third kappa shape index (κ3) is 4.57. The first-order chi connectivity index (χ1) is 12.7. The van der Waals surface area contributed by atoms with Gasteiger partial charge in [-0.05, 0) is 42.8 Å². The van der Waals surface area contributed by atoms with Crippen molar-refractivity contribution in [2.75, 3.05) is 18.9 Å². The fourth-order valence-electron chi connectivity index (χ4n) is 2.38. The van der Waals surface area contributed by atoms with Crippen molar-refractivity contribution in [2.24, 2.45) is 4.99 Å². The molecule has 3 rings (SSSR count). The lowest BCUT2D eigenvalue weighted by molar-refractivity contribution is -0.129. The van der Waals surface area contributed by atoms with Crippen molar-refractivity contribution in [3.8, 4) is 11.8 Å². The average Bonchev–Trinajstić information content (AvgIpc) is 2.68. The molecule has 0 N–H and O–H groups in total. The van der Waals surface area contributed by atoms with Crippen LogP contribution in [0.25, 0.3) is 0 Å². The summed E-state index contributed by atoms with van der Waals surface area (Å²) in [5.41, 5.74) is 1.19. The number of nitriles is 1. The van der Waals surface area contributed by atoms with Crippen molar-refractivity contribution in [2.45, 2.75) is 6.42 Å². The van der Waals surface area contributed by atoms with Crippen molar-refractivity contribution < 1.29 is 9.53 Å². The molecule has 132 valence electrons. The molecule has 26 heavy (non-hydrogen) atoms. The lowest BCUT2D eigenvalue weighted by atomic mass is 10.2. The van der Waals surface area contributed by atoms with Crippen LogP contribution in [-0.2, 0) is 4.79 Å². The summed E-state index contributed by atoms with van der Waals surface area (Å²) in [5, 5.41) is 10.00. The van der Waals surface area contributed by atoms with Gasteiger partial charge in [-0.25, -0.2) is 4.99 Å². The molecule has 0 unspecified atom stereocenters. The van der Waals surface area contributed by atoms with E-state index in [0.717, 1.165) is 12.2 Å². The Morgan fingerprint density at radius 3 is 2.77 bits per heavy atom. The second kappa shape index (κ2) is 8.75. The minimum Gasteiger partial charge on any atom is -0.484 e. The van der Waals surface area contributed by atoms with E-state index in [1.54, 1.807) is 35.2 Å². The summed E-state index contributed by atoms with van der Waals surface area (Å²) in [4.78, 5) is 18.8. The molecule has 0 radical (unpaired) electrons. The van der Waals surface area contributed by atoms with E-state index in [0.29, 0.717) is 33.7 Å². The normalized spacial score (nSPS) is 15.5. The van der Waals surface area contributed by atoms with Crippen LogP contribution in [0.2, 0.25) is 5.02 Å². The fraction of sp³-hybridized carbons (Fsp3) is 0.211. The predicted molar refractivity (Wildman–Crippen MR) is 104 cm³/mol. The van der Waals surface area contributed by atoms with E-state index in [4.69, 9.17) is 21.6 Å². The van der Waals surface area contributed by atoms with Crippen molar-refractivity contribution in [1.82, 2.24) is 4.90 Å². The van der Waals surface area contributed by atoms with Crippen LogP contribution in [0, 0.1) is 11.3 Å². The molecule has 1 amide bonds. The predicted octanol–water partition coefficient (Wildman–Crippen LogP) is 4.24. The highest BCUT2D eigenvalue weighted by molar-refractivity contribution is 8.13. The van der Waals surface area contributed by atoms with Crippen LogP contribution >= 0.6 is 23.4 Å². The highest BCUT2D eigenvalue weighted by Crippen LogP contribution is 2.28. The van der Waals surface area contributed by atoms with Crippen LogP contribution in [0.3, 0.4) is 0 Å². The lowest BCUT2D eigenvalue weighted by Gasteiger charge is -2.27. The molecule has 2 aromatic carbocycles. The lowest BCUT2D eigenvalue weighted by Crippen LogP contribution is -2.41. The van der Waals surface area contributed by atoms with E-state index in [1.165, 1.54) is 11.8 Å². The van der Waals surface area contributed by atoms with Gasteiger partial charge in [0.25, 0.3) is 5.91 Å². The number of thioether (sulfide) groups is 1. The highest BCUT2D eigenvalue weighted by Gasteiger charge is 2.24. The van der Waals surface area contributed by atoms with Crippen LogP contribution in [0.5, 0.6) is 5.75 Å². The number of nitrogens with zero attached hydrogens (tertiary/aromatic N) is 3. The molecule has 0 saturated carbocycles. The van der Waals surface area contributed by atoms with Gasteiger partial charge in [-0.3, -0.25) is 9.69 Å². The summed E-state index contributed by atoms with van der Waals surface area (Å²) in [5.74, 6) is 1.29. The zero-order valence-corrected chi connectivity index (χ0v) is 15.5. The van der Waals surface area contributed by atoms with Crippen LogP contribution in [0.4, 0.5) is 5.69 Å². The Bertz CT molecular complexity index is 862. The monoisotopic (exact) mass is 385 g/mol. The van der Waals surface area contributed by atoms with Crippen molar-refractivity contribution >= 4 is 40.1 Å². The van der Waals surface area contributed by atoms with Crippen LogP contribution in [0.1, 0.15) is 12.0 Å². The molecule has 0 atom stereocenters. The molecular weight excluding hydrogens is 370 g/mol. The zero-order chi connectivity index (χ0) is 18.4. The molecule has 7 heteroatoms. The zero-order valence-electron chi connectivity index (χ0n) is 13.9. The second-order valence-corrected chi connectivity index (χ2v) is 6.99. The number of ether oxygens (including phenoxy) is 1. The van der Waals surface area contributed by atoms with E-state index in [2.05, 4.69) is 4.99 Å². The first-order valence-corrected chi connectivity index (χ1v) is 9.43. The van der Waals surface area contributed by atoms with Gasteiger partial charge < -0.3 is 4.74 Å². The van der Waals surface area contributed by atoms with E-state index in [-0.39, 0.29) is 12.5 Å². The van der Waals surface area contributed by atoms with Gasteiger partial charge in [-0.1, -0.05) is 35.5 Å². The van der Waals surface area contributed by atoms with Crippen molar-refractivity contribution in [3.63, 3.8) is 0 Å². The third-order valence-corrected chi connectivity index (χ3v) is 5.09. The van der Waals surface area contributed by atoms with Crippen LogP contribution < -0.4 is 4.74 Å². The Morgan fingerprint density at radius 2 is 2.04 bits per heavy atom. The maximum atomic E-state index is 12.6. The molecular formula is C19H16ClN3O2S. The van der Waals surface area contributed by atoms with Crippen molar-refractivity contribution in [1.29, 1.82) is 5.26 Å². The van der Waals surface area contributed by atoms with Gasteiger partial charge in [0.15, 0.2) is 11.8 Å². The molecule has 0 aromatic heterocycles. The maximum Gasteiger partial charge on any atom is 0.266 e. The summed E-state index contributed by atoms with van der Waals surface area (Å²) in [6.07, 6.45) is 0.898. The van der Waals surface area contributed by atoms with Gasteiger partial charge in [-0.2, -0.15) is 5.26 Å². The number of hydrogen-bond donors (Lipinski definition) is 0. The minimum atomic E-state index is -0.160. The molecule has 0 bridgehead atoms. The van der Waals surface area contributed by atoms with Gasteiger partial charge in [0.1, 0.15) is 5.75 Å². The third-order valence-electron chi connectivity index (χ3n) is 3.70. The first-order valence-electron chi connectivity index (χ1n) is 8.07. The minimum absolute atomic E-state index is 0.0893. The Kier molecular flexibility index (Phi) is 6.16.